The number of hydrogen-bond acceptors (Lipinski definition) is 3. The molecule has 0 aliphatic carbocycles. The summed E-state index contributed by atoms with van der Waals surface area (Å²) in [5, 5.41) is 19.5. The van der Waals surface area contributed by atoms with E-state index in [1.807, 2.05) is 0 Å². The number of fused-ring (bicyclic) bond motifs is 1. The molecule has 0 amide bonds. The minimum absolute atomic E-state index is 0.100. The molecule has 0 aliphatic heterocycles. The molecule has 1 aromatic heterocycles. The molecule has 3 rings (SSSR count). The van der Waals surface area contributed by atoms with Crippen LogP contribution in [-0.2, 0) is 0 Å². The van der Waals surface area contributed by atoms with Crippen LogP contribution in [0.25, 0.3) is 22.3 Å². The Labute approximate surface area is 122 Å². The predicted octanol–water partition coefficient (Wildman–Crippen LogP) is 2.61. The van der Waals surface area contributed by atoms with E-state index in [0.29, 0.717) is 22.4 Å². The molecule has 7 heteroatoms. The number of halogens is 2. The van der Waals surface area contributed by atoms with Gasteiger partial charge in [-0.2, -0.15) is 9.99 Å². The summed E-state index contributed by atoms with van der Waals surface area (Å²) in [5.41, 5.74) is -0.731. The first kappa shape index (κ1) is 13.7. The number of nitriles is 1. The van der Waals surface area contributed by atoms with E-state index >= 15 is 0 Å². The Balaban J connectivity index is 2.54. The van der Waals surface area contributed by atoms with Gasteiger partial charge in [-0.3, -0.25) is 0 Å². The van der Waals surface area contributed by atoms with Gasteiger partial charge in [0.1, 0.15) is 0 Å². The Kier molecular flexibility index (Phi) is 3.07. The largest absolute Gasteiger partial charge is 0.427 e. The minimum atomic E-state index is -1.24. The lowest BCUT2D eigenvalue weighted by Gasteiger charge is -2.07. The van der Waals surface area contributed by atoms with E-state index in [9.17, 15) is 24.2 Å². The summed E-state index contributed by atoms with van der Waals surface area (Å²) in [6.07, 6.45) is 0. The molecule has 0 atom stereocenters. The smallest absolute Gasteiger partial charge is 0.367 e. The second-order valence-corrected chi connectivity index (χ2v) is 4.54. The van der Waals surface area contributed by atoms with Crippen LogP contribution in [0, 0.1) is 27.9 Å². The maximum Gasteiger partial charge on any atom is 0.367 e. The average Bonchev–Trinajstić information content (AvgIpc) is 2.53. The summed E-state index contributed by atoms with van der Waals surface area (Å²) in [4.78, 5) is 12.2. The van der Waals surface area contributed by atoms with Crippen LogP contribution >= 0.6 is 0 Å². The van der Waals surface area contributed by atoms with Crippen LogP contribution in [0.2, 0.25) is 0 Å². The Morgan fingerprint density at radius 2 is 1.77 bits per heavy atom. The van der Waals surface area contributed by atoms with Crippen molar-refractivity contribution in [1.82, 2.24) is 4.73 Å². The van der Waals surface area contributed by atoms with Crippen LogP contribution < -0.4 is 4.43 Å². The molecule has 108 valence electrons. The first-order valence-electron chi connectivity index (χ1n) is 6.19. The van der Waals surface area contributed by atoms with E-state index in [4.69, 9.17) is 0 Å². The molecule has 1 heterocycles. The highest BCUT2D eigenvalue weighted by molar-refractivity contribution is 5.77. The highest BCUT2D eigenvalue weighted by atomic mass is 19.2. The Morgan fingerprint density at radius 1 is 1.14 bits per heavy atom. The summed E-state index contributed by atoms with van der Waals surface area (Å²) in [6, 6.07) is 11.2. The Hall–Kier alpha value is -3.27. The van der Waals surface area contributed by atoms with Crippen molar-refractivity contribution in [3.63, 3.8) is 0 Å². The number of hydrogen-bond donors (Lipinski definition) is 1. The molecule has 5 nitrogen and oxygen atoms in total. The molecule has 0 aliphatic rings. The fourth-order valence-corrected chi connectivity index (χ4v) is 2.25. The normalized spacial score (nSPS) is 10.6. The average molecular weight is 300 g/mol. The van der Waals surface area contributed by atoms with Gasteiger partial charge in [0.15, 0.2) is 28.9 Å². The second-order valence-electron chi connectivity index (χ2n) is 4.54. The summed E-state index contributed by atoms with van der Waals surface area (Å²) in [7, 11) is 0. The second kappa shape index (κ2) is 4.93. The third-order valence-electron chi connectivity index (χ3n) is 3.26. The summed E-state index contributed by atoms with van der Waals surface area (Å²) in [5.74, 6) is -2.45. The van der Waals surface area contributed by atoms with Gasteiger partial charge in [-0.25, -0.2) is 8.78 Å². The van der Waals surface area contributed by atoms with Gasteiger partial charge in [0, 0.05) is 16.5 Å². The molecule has 0 spiro atoms. The Morgan fingerprint density at radius 3 is 2.41 bits per heavy atom. The lowest BCUT2D eigenvalue weighted by Crippen LogP contribution is -2.25. The number of aromatic nitrogens is 2. The first-order valence-corrected chi connectivity index (χ1v) is 6.19. The standard InChI is InChI=1S/C15H8F2N3O2/c16-10-6-12-13(7-11(10)17)20(22)15(14(8-18)19(12)21)9-4-2-1-3-5-9/h1-7,22H/q+1. The molecule has 0 bridgehead atoms. The van der Waals surface area contributed by atoms with Crippen molar-refractivity contribution < 1.29 is 18.4 Å². The number of benzene rings is 2. The van der Waals surface area contributed by atoms with Gasteiger partial charge < -0.3 is 5.21 Å². The molecule has 0 saturated carbocycles. The van der Waals surface area contributed by atoms with Gasteiger partial charge in [0.05, 0.1) is 10.5 Å². The number of rotatable bonds is 1. The molecule has 3 aromatic rings. The van der Waals surface area contributed by atoms with Crippen molar-refractivity contribution in [3.8, 4) is 17.3 Å². The van der Waals surface area contributed by atoms with Gasteiger partial charge in [0.2, 0.25) is 0 Å². The van der Waals surface area contributed by atoms with Crippen molar-refractivity contribution in [2.75, 3.05) is 0 Å². The zero-order valence-electron chi connectivity index (χ0n) is 11.0. The van der Waals surface area contributed by atoms with E-state index in [2.05, 4.69) is 0 Å². The number of nitrogens with zero attached hydrogens (tertiary/aromatic N) is 3. The zero-order valence-corrected chi connectivity index (χ0v) is 11.0. The minimum Gasteiger partial charge on any atom is -0.427 e. The van der Waals surface area contributed by atoms with Crippen LogP contribution in [0.4, 0.5) is 8.78 Å². The maximum absolute atomic E-state index is 13.4. The molecular weight excluding hydrogens is 292 g/mol. The fraction of sp³-hybridized carbons (Fsp3) is 0. The van der Waals surface area contributed by atoms with Crippen molar-refractivity contribution in [3.05, 3.63) is 64.7 Å². The summed E-state index contributed by atoms with van der Waals surface area (Å²) < 4.78 is 27.4. The van der Waals surface area contributed by atoms with E-state index < -0.39 is 17.3 Å². The first-order chi connectivity index (χ1) is 10.5. The lowest BCUT2D eigenvalue weighted by molar-refractivity contribution is -0.468. The quantitative estimate of drug-likeness (QED) is 0.554. The van der Waals surface area contributed by atoms with E-state index in [0.717, 1.165) is 0 Å². The van der Waals surface area contributed by atoms with Crippen molar-refractivity contribution in [2.45, 2.75) is 0 Å². The molecule has 0 saturated heterocycles. The highest BCUT2D eigenvalue weighted by Gasteiger charge is 2.27. The summed E-state index contributed by atoms with van der Waals surface area (Å²) >= 11 is 0. The molecular formula is C15H8F2N3O2+. The zero-order chi connectivity index (χ0) is 15.9. The molecule has 2 aromatic carbocycles. The molecule has 0 unspecified atom stereocenters. The van der Waals surface area contributed by atoms with Crippen LogP contribution in [0.15, 0.2) is 42.5 Å². The van der Waals surface area contributed by atoms with Gasteiger partial charge in [0.25, 0.3) is 5.52 Å². The van der Waals surface area contributed by atoms with Gasteiger partial charge in [-0.1, -0.05) is 30.3 Å². The van der Waals surface area contributed by atoms with Crippen LogP contribution in [0.1, 0.15) is 5.69 Å². The third kappa shape index (κ3) is 1.90. The van der Waals surface area contributed by atoms with Crippen LogP contribution in [0.3, 0.4) is 0 Å². The SMILES string of the molecule is N#Cc1c(-c2ccccc2)n(O)c2cc(F)c(F)cc2[n+]1=O. The van der Waals surface area contributed by atoms with Crippen LogP contribution in [0.5, 0.6) is 0 Å². The monoisotopic (exact) mass is 300 g/mol. The summed E-state index contributed by atoms with van der Waals surface area (Å²) in [6.45, 7) is 0. The van der Waals surface area contributed by atoms with Gasteiger partial charge >= 0.3 is 5.69 Å². The molecule has 0 radical (unpaired) electrons. The van der Waals surface area contributed by atoms with Gasteiger partial charge in [-0.05, 0) is 0 Å². The topological polar surface area (TPSA) is 71.9 Å². The fourth-order valence-electron chi connectivity index (χ4n) is 2.25. The van der Waals surface area contributed by atoms with E-state index in [-0.39, 0.29) is 21.2 Å². The van der Waals surface area contributed by atoms with Crippen molar-refractivity contribution in [2.24, 2.45) is 0 Å². The van der Waals surface area contributed by atoms with Gasteiger partial charge in [-0.15, -0.1) is 0 Å². The van der Waals surface area contributed by atoms with E-state index in [1.54, 1.807) is 36.4 Å². The highest BCUT2D eigenvalue weighted by Crippen LogP contribution is 2.25. The Bertz CT molecular complexity index is 992. The molecule has 0 fully saturated rings. The lowest BCUT2D eigenvalue weighted by atomic mass is 10.1. The van der Waals surface area contributed by atoms with Crippen LogP contribution in [-0.4, -0.2) is 9.94 Å². The molecule has 22 heavy (non-hydrogen) atoms. The van der Waals surface area contributed by atoms with Crippen molar-refractivity contribution in [1.29, 1.82) is 5.26 Å². The van der Waals surface area contributed by atoms with Crippen molar-refractivity contribution >= 4 is 11.0 Å². The maximum atomic E-state index is 13.4. The molecule has 1 N–H and O–H groups in total. The predicted molar refractivity (Wildman–Crippen MR) is 72.6 cm³/mol. The van der Waals surface area contributed by atoms with E-state index in [1.165, 1.54) is 0 Å². The third-order valence-corrected chi connectivity index (χ3v) is 3.26.